The van der Waals surface area contributed by atoms with Gasteiger partial charge in [0.1, 0.15) is 0 Å². The van der Waals surface area contributed by atoms with Crippen LogP contribution in [0.1, 0.15) is 36.0 Å². The van der Waals surface area contributed by atoms with Crippen molar-refractivity contribution in [1.29, 1.82) is 0 Å². The number of rotatable bonds is 10. The van der Waals surface area contributed by atoms with Crippen LogP contribution in [-0.4, -0.2) is 25.5 Å². The summed E-state index contributed by atoms with van der Waals surface area (Å²) in [6, 6.07) is 34.8. The molecule has 1 N–H and O–H groups in total. The highest BCUT2D eigenvalue weighted by Crippen LogP contribution is 2.31. The van der Waals surface area contributed by atoms with E-state index in [9.17, 15) is 9.90 Å². The van der Waals surface area contributed by atoms with E-state index in [-0.39, 0.29) is 12.5 Å². The number of aliphatic carboxylic acids is 1. The van der Waals surface area contributed by atoms with Crippen LogP contribution in [0.25, 0.3) is 0 Å². The van der Waals surface area contributed by atoms with Gasteiger partial charge in [-0.15, -0.1) is 0 Å². The topological polar surface area (TPSA) is 46.5 Å². The zero-order chi connectivity index (χ0) is 22.2. The standard InChI is InChI=1S/C28H30O3Si/c29-28(30)19-26-16-17-27(18-26)31-32(20-23-10-4-1-5-11-23,21-24-12-6-2-7-13-24)22-25-14-8-3-9-15-25/h1-16,27H,17-22H2,(H,29,30). The first-order chi connectivity index (χ1) is 15.6. The third-order valence-electron chi connectivity index (χ3n) is 6.06. The van der Waals surface area contributed by atoms with E-state index < -0.39 is 14.3 Å². The fourth-order valence-electron chi connectivity index (χ4n) is 4.76. The molecule has 3 aromatic rings. The molecule has 32 heavy (non-hydrogen) atoms. The Morgan fingerprint density at radius 3 is 1.62 bits per heavy atom. The van der Waals surface area contributed by atoms with Gasteiger partial charge < -0.3 is 9.53 Å². The normalized spacial score (nSPS) is 16.0. The lowest BCUT2D eigenvalue weighted by Crippen LogP contribution is -2.49. The zero-order valence-corrected chi connectivity index (χ0v) is 19.3. The van der Waals surface area contributed by atoms with Crippen LogP contribution in [0.15, 0.2) is 103 Å². The van der Waals surface area contributed by atoms with Crippen molar-refractivity contribution in [3.8, 4) is 0 Å². The molecule has 0 amide bonds. The summed E-state index contributed by atoms with van der Waals surface area (Å²) in [5.74, 6) is -0.765. The summed E-state index contributed by atoms with van der Waals surface area (Å²) < 4.78 is 7.12. The van der Waals surface area contributed by atoms with Gasteiger partial charge in [-0.2, -0.15) is 0 Å². The minimum Gasteiger partial charge on any atom is -0.481 e. The molecule has 0 aliphatic heterocycles. The summed E-state index contributed by atoms with van der Waals surface area (Å²) in [4.78, 5) is 11.2. The number of hydrogen-bond donors (Lipinski definition) is 1. The molecule has 164 valence electrons. The summed E-state index contributed by atoms with van der Waals surface area (Å²) in [5, 5.41) is 9.20. The van der Waals surface area contributed by atoms with Crippen LogP contribution in [0, 0.1) is 0 Å². The van der Waals surface area contributed by atoms with Crippen LogP contribution >= 0.6 is 0 Å². The molecule has 4 rings (SSSR count). The van der Waals surface area contributed by atoms with Gasteiger partial charge >= 0.3 is 5.97 Å². The minimum atomic E-state index is -2.33. The molecule has 3 aromatic carbocycles. The van der Waals surface area contributed by atoms with Gasteiger partial charge in [0.15, 0.2) is 0 Å². The van der Waals surface area contributed by atoms with Crippen molar-refractivity contribution < 1.29 is 14.3 Å². The molecule has 1 unspecified atom stereocenters. The first kappa shape index (κ1) is 22.2. The zero-order valence-electron chi connectivity index (χ0n) is 18.3. The maximum atomic E-state index is 11.2. The molecule has 0 bridgehead atoms. The van der Waals surface area contributed by atoms with Gasteiger partial charge in [0.25, 0.3) is 0 Å². The highest BCUT2D eigenvalue weighted by molar-refractivity contribution is 6.72. The number of carbonyl (C=O) groups is 1. The molecule has 4 heteroatoms. The molecular weight excluding hydrogens is 412 g/mol. The SMILES string of the molecule is O=C(O)CC1=CCC(O[Si](Cc2ccccc2)(Cc2ccccc2)Cc2ccccc2)C1. The molecule has 1 aliphatic rings. The maximum absolute atomic E-state index is 11.2. The quantitative estimate of drug-likeness (QED) is 0.316. The molecule has 0 radical (unpaired) electrons. The second-order valence-electron chi connectivity index (χ2n) is 8.78. The van der Waals surface area contributed by atoms with Gasteiger partial charge in [-0.05, 0) is 47.7 Å². The summed E-state index contributed by atoms with van der Waals surface area (Å²) in [6.07, 6.45) is 3.78. The molecular formula is C28H30O3Si. The largest absolute Gasteiger partial charge is 0.481 e. The fourth-order valence-corrected chi connectivity index (χ4v) is 9.21. The molecule has 0 spiro atoms. The van der Waals surface area contributed by atoms with Crippen LogP contribution in [-0.2, 0) is 27.4 Å². The van der Waals surface area contributed by atoms with Gasteiger partial charge in [0, 0.05) is 0 Å². The van der Waals surface area contributed by atoms with E-state index in [2.05, 4.69) is 97.1 Å². The predicted molar refractivity (Wildman–Crippen MR) is 131 cm³/mol. The van der Waals surface area contributed by atoms with Crippen LogP contribution in [0.4, 0.5) is 0 Å². The van der Waals surface area contributed by atoms with Crippen LogP contribution in [0.2, 0.25) is 0 Å². The van der Waals surface area contributed by atoms with Crippen molar-refractivity contribution in [2.45, 2.75) is 43.5 Å². The second kappa shape index (κ2) is 10.6. The summed E-state index contributed by atoms with van der Waals surface area (Å²) >= 11 is 0. The highest BCUT2D eigenvalue weighted by Gasteiger charge is 2.39. The molecule has 0 saturated heterocycles. The highest BCUT2D eigenvalue weighted by atomic mass is 28.4. The lowest BCUT2D eigenvalue weighted by molar-refractivity contribution is -0.136. The van der Waals surface area contributed by atoms with Crippen molar-refractivity contribution in [1.82, 2.24) is 0 Å². The third kappa shape index (κ3) is 6.28. The van der Waals surface area contributed by atoms with E-state index in [1.165, 1.54) is 16.7 Å². The number of hydrogen-bond acceptors (Lipinski definition) is 2. The first-order valence-electron chi connectivity index (χ1n) is 11.3. The van der Waals surface area contributed by atoms with E-state index in [0.717, 1.165) is 36.5 Å². The Morgan fingerprint density at radius 1 is 0.781 bits per heavy atom. The Kier molecular flexibility index (Phi) is 7.35. The van der Waals surface area contributed by atoms with Crippen LogP contribution in [0.3, 0.4) is 0 Å². The van der Waals surface area contributed by atoms with E-state index >= 15 is 0 Å². The van der Waals surface area contributed by atoms with Crippen molar-refractivity contribution in [2.75, 3.05) is 0 Å². The van der Waals surface area contributed by atoms with E-state index in [1.807, 2.05) is 0 Å². The second-order valence-corrected chi connectivity index (χ2v) is 12.4. The number of carboxylic acids is 1. The monoisotopic (exact) mass is 442 g/mol. The molecule has 0 saturated carbocycles. The van der Waals surface area contributed by atoms with Gasteiger partial charge in [0.05, 0.1) is 12.5 Å². The lowest BCUT2D eigenvalue weighted by Gasteiger charge is -2.35. The van der Waals surface area contributed by atoms with Gasteiger partial charge in [-0.3, -0.25) is 4.79 Å². The first-order valence-corrected chi connectivity index (χ1v) is 13.8. The van der Waals surface area contributed by atoms with E-state index in [0.29, 0.717) is 0 Å². The number of carboxylic acid groups (broad SMARTS) is 1. The van der Waals surface area contributed by atoms with Crippen LogP contribution in [0.5, 0.6) is 0 Å². The third-order valence-corrected chi connectivity index (χ3v) is 10.1. The Morgan fingerprint density at radius 2 is 1.22 bits per heavy atom. The smallest absolute Gasteiger partial charge is 0.307 e. The fraction of sp³-hybridized carbons (Fsp3) is 0.250. The molecule has 0 aromatic heterocycles. The Labute approximate surface area is 191 Å². The van der Waals surface area contributed by atoms with E-state index in [1.54, 1.807) is 0 Å². The maximum Gasteiger partial charge on any atom is 0.307 e. The summed E-state index contributed by atoms with van der Waals surface area (Å²) in [6.45, 7) is 0. The Balaban J connectivity index is 1.65. The summed E-state index contributed by atoms with van der Waals surface area (Å²) in [5.41, 5.74) is 4.91. The van der Waals surface area contributed by atoms with Gasteiger partial charge in [-0.1, -0.05) is 103 Å². The Hall–Kier alpha value is -2.95. The van der Waals surface area contributed by atoms with Crippen molar-refractivity contribution >= 4 is 14.3 Å². The number of benzene rings is 3. The van der Waals surface area contributed by atoms with Crippen molar-refractivity contribution in [2.24, 2.45) is 0 Å². The summed E-state index contributed by atoms with van der Waals surface area (Å²) in [7, 11) is -2.33. The van der Waals surface area contributed by atoms with Gasteiger partial charge in [0.2, 0.25) is 8.32 Å². The molecule has 1 aliphatic carbocycles. The predicted octanol–water partition coefficient (Wildman–Crippen LogP) is 5.86. The Bertz CT molecular complexity index is 931. The minimum absolute atomic E-state index is 0.0622. The molecule has 0 heterocycles. The molecule has 3 nitrogen and oxygen atoms in total. The average molecular weight is 443 g/mol. The lowest BCUT2D eigenvalue weighted by atomic mass is 10.1. The van der Waals surface area contributed by atoms with Crippen molar-refractivity contribution in [3.05, 3.63) is 119 Å². The van der Waals surface area contributed by atoms with E-state index in [4.69, 9.17) is 4.43 Å². The molecule has 1 atom stereocenters. The van der Waals surface area contributed by atoms with Crippen LogP contribution < -0.4 is 0 Å². The average Bonchev–Trinajstić information content (AvgIpc) is 3.21. The van der Waals surface area contributed by atoms with Gasteiger partial charge in [-0.25, -0.2) is 0 Å². The van der Waals surface area contributed by atoms with Crippen molar-refractivity contribution in [3.63, 3.8) is 0 Å². The molecule has 0 fully saturated rings.